The summed E-state index contributed by atoms with van der Waals surface area (Å²) in [5.41, 5.74) is 4.61. The summed E-state index contributed by atoms with van der Waals surface area (Å²) in [7, 11) is 0. The minimum Gasteiger partial charge on any atom is -0.346 e. The molecule has 6 heteroatoms. The molecule has 0 aliphatic rings. The summed E-state index contributed by atoms with van der Waals surface area (Å²) in [6.07, 6.45) is 0. The fourth-order valence-electron chi connectivity index (χ4n) is 3.37. The summed E-state index contributed by atoms with van der Waals surface area (Å²) in [6, 6.07) is 15.0. The van der Waals surface area contributed by atoms with Crippen LogP contribution in [0.25, 0.3) is 21.9 Å². The number of amides is 1. The molecule has 0 saturated heterocycles. The van der Waals surface area contributed by atoms with Crippen molar-refractivity contribution in [2.75, 3.05) is 0 Å². The van der Waals surface area contributed by atoms with Crippen LogP contribution >= 0.6 is 0 Å². The summed E-state index contributed by atoms with van der Waals surface area (Å²) < 4.78 is 0. The molecular formula is C23H24N4O2. The second-order valence-electron chi connectivity index (χ2n) is 8.43. The number of rotatable bonds is 3. The monoisotopic (exact) mass is 388 g/mol. The van der Waals surface area contributed by atoms with E-state index in [1.54, 1.807) is 6.07 Å². The standard InChI is InChI=1S/C23H24N4O2/c1-13(14-5-9-18-19(12-14)27-22(29)26-18)24-21(28)16-6-8-17-15(11-16)7-10-20(25-17)23(2,3)4/h5-13H,1-4H3,(H,24,28)(H2,26,27,29)/t13-/m1/s1. The molecule has 4 rings (SSSR count). The maximum absolute atomic E-state index is 12.8. The van der Waals surface area contributed by atoms with Gasteiger partial charge < -0.3 is 15.3 Å². The van der Waals surface area contributed by atoms with Gasteiger partial charge in [-0.2, -0.15) is 0 Å². The maximum Gasteiger partial charge on any atom is 0.323 e. The maximum atomic E-state index is 12.8. The van der Waals surface area contributed by atoms with E-state index in [1.165, 1.54) is 0 Å². The van der Waals surface area contributed by atoms with Crippen molar-refractivity contribution in [3.63, 3.8) is 0 Å². The third-order valence-corrected chi connectivity index (χ3v) is 5.11. The molecule has 1 atom stereocenters. The van der Waals surface area contributed by atoms with Gasteiger partial charge in [0.25, 0.3) is 5.91 Å². The average molecular weight is 388 g/mol. The van der Waals surface area contributed by atoms with Crippen molar-refractivity contribution in [2.24, 2.45) is 0 Å². The number of aromatic nitrogens is 3. The van der Waals surface area contributed by atoms with Crippen LogP contribution in [0.3, 0.4) is 0 Å². The van der Waals surface area contributed by atoms with Crippen molar-refractivity contribution in [1.82, 2.24) is 20.3 Å². The molecule has 4 aromatic rings. The van der Waals surface area contributed by atoms with Gasteiger partial charge in [-0.05, 0) is 48.9 Å². The van der Waals surface area contributed by atoms with Crippen molar-refractivity contribution in [2.45, 2.75) is 39.2 Å². The zero-order valence-corrected chi connectivity index (χ0v) is 17.0. The number of pyridine rings is 1. The van der Waals surface area contributed by atoms with E-state index in [0.29, 0.717) is 5.56 Å². The number of hydrogen-bond acceptors (Lipinski definition) is 3. The van der Waals surface area contributed by atoms with Crippen LogP contribution in [-0.4, -0.2) is 20.9 Å². The van der Waals surface area contributed by atoms with E-state index in [1.807, 2.05) is 49.4 Å². The molecule has 0 aliphatic heterocycles. The molecule has 148 valence electrons. The molecule has 0 fully saturated rings. The summed E-state index contributed by atoms with van der Waals surface area (Å²) in [6.45, 7) is 8.31. The Morgan fingerprint density at radius 1 is 1.00 bits per heavy atom. The van der Waals surface area contributed by atoms with Gasteiger partial charge in [-0.1, -0.05) is 32.9 Å². The molecule has 2 heterocycles. The number of aromatic amines is 2. The SMILES string of the molecule is C[C@@H](NC(=O)c1ccc2nc(C(C)(C)C)ccc2c1)c1ccc2[nH]c(=O)[nH]c2c1. The first kappa shape index (κ1) is 18.9. The molecule has 0 saturated carbocycles. The molecule has 1 amide bonds. The number of carbonyl (C=O) groups excluding carboxylic acids is 1. The topological polar surface area (TPSA) is 90.6 Å². The van der Waals surface area contributed by atoms with Gasteiger partial charge >= 0.3 is 5.69 Å². The number of fused-ring (bicyclic) bond motifs is 2. The fraction of sp³-hybridized carbons (Fsp3) is 0.261. The lowest BCUT2D eigenvalue weighted by Crippen LogP contribution is -2.26. The highest BCUT2D eigenvalue weighted by molar-refractivity contribution is 5.98. The molecule has 2 aromatic carbocycles. The Balaban J connectivity index is 1.56. The summed E-state index contributed by atoms with van der Waals surface area (Å²) in [5.74, 6) is -0.151. The van der Waals surface area contributed by atoms with Gasteiger partial charge in [0.05, 0.1) is 22.6 Å². The molecule has 0 unspecified atom stereocenters. The molecule has 2 aromatic heterocycles. The van der Waals surface area contributed by atoms with Gasteiger partial charge in [0.15, 0.2) is 0 Å². The predicted molar refractivity (Wildman–Crippen MR) is 115 cm³/mol. The van der Waals surface area contributed by atoms with Crippen LogP contribution in [-0.2, 0) is 5.41 Å². The molecule has 29 heavy (non-hydrogen) atoms. The van der Waals surface area contributed by atoms with E-state index in [0.717, 1.165) is 33.2 Å². The number of imidazole rings is 1. The highest BCUT2D eigenvalue weighted by Gasteiger charge is 2.17. The van der Waals surface area contributed by atoms with E-state index in [2.05, 4.69) is 36.1 Å². The lowest BCUT2D eigenvalue weighted by Gasteiger charge is -2.18. The second kappa shape index (κ2) is 6.88. The lowest BCUT2D eigenvalue weighted by atomic mass is 9.91. The van der Waals surface area contributed by atoms with E-state index >= 15 is 0 Å². The Bertz CT molecular complexity index is 1280. The van der Waals surface area contributed by atoms with Crippen LogP contribution in [0.15, 0.2) is 53.3 Å². The molecule has 6 nitrogen and oxygen atoms in total. The molecular weight excluding hydrogens is 364 g/mol. The Hall–Kier alpha value is -3.41. The summed E-state index contributed by atoms with van der Waals surface area (Å²) >= 11 is 0. The minimum atomic E-state index is -0.242. The molecule has 3 N–H and O–H groups in total. The van der Waals surface area contributed by atoms with Gasteiger partial charge in [-0.15, -0.1) is 0 Å². The van der Waals surface area contributed by atoms with Gasteiger partial charge in [0.2, 0.25) is 0 Å². The van der Waals surface area contributed by atoms with Gasteiger partial charge in [0.1, 0.15) is 0 Å². The highest BCUT2D eigenvalue weighted by atomic mass is 16.2. The first-order chi connectivity index (χ1) is 13.7. The second-order valence-corrected chi connectivity index (χ2v) is 8.43. The van der Waals surface area contributed by atoms with Crippen molar-refractivity contribution < 1.29 is 4.79 Å². The average Bonchev–Trinajstić information content (AvgIpc) is 3.05. The third-order valence-electron chi connectivity index (χ3n) is 5.11. The van der Waals surface area contributed by atoms with Crippen LogP contribution < -0.4 is 11.0 Å². The largest absolute Gasteiger partial charge is 0.346 e. The third kappa shape index (κ3) is 3.78. The Labute approximate surface area is 168 Å². The van der Waals surface area contributed by atoms with Gasteiger partial charge in [0, 0.05) is 22.1 Å². The van der Waals surface area contributed by atoms with E-state index < -0.39 is 0 Å². The number of nitrogens with zero attached hydrogens (tertiary/aromatic N) is 1. The molecule has 0 radical (unpaired) electrons. The number of hydrogen-bond donors (Lipinski definition) is 3. The van der Waals surface area contributed by atoms with Gasteiger partial charge in [-0.3, -0.25) is 9.78 Å². The normalized spacial score (nSPS) is 13.0. The van der Waals surface area contributed by atoms with Crippen LogP contribution in [0.2, 0.25) is 0 Å². The van der Waals surface area contributed by atoms with Crippen molar-refractivity contribution in [1.29, 1.82) is 0 Å². The zero-order valence-electron chi connectivity index (χ0n) is 17.0. The Kier molecular flexibility index (Phi) is 4.49. The van der Waals surface area contributed by atoms with Crippen molar-refractivity contribution >= 4 is 27.8 Å². The summed E-state index contributed by atoms with van der Waals surface area (Å²) in [4.78, 5) is 34.4. The quantitative estimate of drug-likeness (QED) is 0.491. The smallest absolute Gasteiger partial charge is 0.323 e. The van der Waals surface area contributed by atoms with Crippen LogP contribution in [0.1, 0.15) is 55.4 Å². The molecule has 0 spiro atoms. The highest BCUT2D eigenvalue weighted by Crippen LogP contribution is 2.24. The van der Waals surface area contributed by atoms with Crippen molar-refractivity contribution in [3.8, 4) is 0 Å². The number of benzene rings is 2. The first-order valence-corrected chi connectivity index (χ1v) is 9.65. The number of nitrogens with one attached hydrogen (secondary N) is 3. The van der Waals surface area contributed by atoms with Crippen molar-refractivity contribution in [3.05, 3.63) is 75.8 Å². The van der Waals surface area contributed by atoms with Crippen LogP contribution in [0.5, 0.6) is 0 Å². The predicted octanol–water partition coefficient (Wildman–Crippen LogP) is 4.19. The van der Waals surface area contributed by atoms with E-state index in [-0.39, 0.29) is 23.1 Å². The minimum absolute atomic E-state index is 0.0233. The summed E-state index contributed by atoms with van der Waals surface area (Å²) in [5, 5.41) is 3.96. The number of carbonyl (C=O) groups is 1. The zero-order chi connectivity index (χ0) is 20.8. The van der Waals surface area contributed by atoms with Gasteiger partial charge in [-0.25, -0.2) is 4.79 Å². The first-order valence-electron chi connectivity index (χ1n) is 9.65. The molecule has 0 bridgehead atoms. The Morgan fingerprint density at radius 2 is 1.76 bits per heavy atom. The van der Waals surface area contributed by atoms with Crippen LogP contribution in [0.4, 0.5) is 0 Å². The molecule has 0 aliphatic carbocycles. The fourth-order valence-corrected chi connectivity index (χ4v) is 3.37. The van der Waals surface area contributed by atoms with E-state index in [9.17, 15) is 9.59 Å². The lowest BCUT2D eigenvalue weighted by molar-refractivity contribution is 0.0940. The Morgan fingerprint density at radius 3 is 2.52 bits per heavy atom. The van der Waals surface area contributed by atoms with E-state index in [4.69, 9.17) is 4.98 Å². The number of H-pyrrole nitrogens is 2. The van der Waals surface area contributed by atoms with Crippen LogP contribution in [0, 0.1) is 0 Å².